The summed E-state index contributed by atoms with van der Waals surface area (Å²) in [5, 5.41) is 3.82. The quantitative estimate of drug-likeness (QED) is 0.645. The SMILES string of the molecule is CC(C)(C)OC(=O)N1CCC(CNC2CC2c2ccccc2)(Cc2ccc(F)cc2)CC1. The Morgan fingerprint density at radius 3 is 2.38 bits per heavy atom. The third-order valence-corrected chi connectivity index (χ3v) is 6.73. The van der Waals surface area contributed by atoms with Crippen molar-refractivity contribution < 1.29 is 13.9 Å². The molecule has 1 amide bonds. The molecule has 1 saturated carbocycles. The van der Waals surface area contributed by atoms with Gasteiger partial charge in [0.15, 0.2) is 0 Å². The molecule has 1 aliphatic heterocycles. The second-order valence-electron chi connectivity index (χ2n) is 10.5. The average Bonchev–Trinajstić information content (AvgIpc) is 3.54. The van der Waals surface area contributed by atoms with E-state index in [1.165, 1.54) is 12.0 Å². The Morgan fingerprint density at radius 1 is 1.09 bits per heavy atom. The second kappa shape index (κ2) is 9.22. The number of hydrogen-bond acceptors (Lipinski definition) is 3. The number of carbonyl (C=O) groups is 1. The molecule has 32 heavy (non-hydrogen) atoms. The number of halogens is 1. The summed E-state index contributed by atoms with van der Waals surface area (Å²) in [6, 6.07) is 18.1. The van der Waals surface area contributed by atoms with Gasteiger partial charge in [0.2, 0.25) is 0 Å². The van der Waals surface area contributed by atoms with Crippen LogP contribution >= 0.6 is 0 Å². The number of nitrogens with zero attached hydrogens (tertiary/aromatic N) is 1. The molecular formula is C27H35FN2O2. The fourth-order valence-corrected chi connectivity index (χ4v) is 4.78. The lowest BCUT2D eigenvalue weighted by Crippen LogP contribution is -2.49. The van der Waals surface area contributed by atoms with Gasteiger partial charge >= 0.3 is 6.09 Å². The maximum atomic E-state index is 13.4. The summed E-state index contributed by atoms with van der Waals surface area (Å²) in [6.45, 7) is 7.97. The lowest BCUT2D eigenvalue weighted by Gasteiger charge is -2.42. The number of ether oxygens (including phenoxy) is 1. The van der Waals surface area contributed by atoms with Crippen molar-refractivity contribution >= 4 is 6.09 Å². The fourth-order valence-electron chi connectivity index (χ4n) is 4.78. The lowest BCUT2D eigenvalue weighted by molar-refractivity contribution is 0.00990. The highest BCUT2D eigenvalue weighted by atomic mass is 19.1. The molecule has 2 unspecified atom stereocenters. The monoisotopic (exact) mass is 438 g/mol. The van der Waals surface area contributed by atoms with Crippen LogP contribution in [0.15, 0.2) is 54.6 Å². The number of likely N-dealkylation sites (tertiary alicyclic amines) is 1. The van der Waals surface area contributed by atoms with Crippen molar-refractivity contribution in [2.75, 3.05) is 19.6 Å². The zero-order valence-corrected chi connectivity index (χ0v) is 19.4. The molecule has 4 nitrogen and oxygen atoms in total. The highest BCUT2D eigenvalue weighted by Crippen LogP contribution is 2.42. The van der Waals surface area contributed by atoms with E-state index in [9.17, 15) is 9.18 Å². The van der Waals surface area contributed by atoms with Gasteiger partial charge in [0.05, 0.1) is 0 Å². The van der Waals surface area contributed by atoms with E-state index in [1.54, 1.807) is 12.1 Å². The summed E-state index contributed by atoms with van der Waals surface area (Å²) >= 11 is 0. The van der Waals surface area contributed by atoms with Crippen molar-refractivity contribution in [2.24, 2.45) is 5.41 Å². The molecule has 0 bridgehead atoms. The largest absolute Gasteiger partial charge is 0.444 e. The number of amides is 1. The van der Waals surface area contributed by atoms with E-state index in [2.05, 4.69) is 35.6 Å². The van der Waals surface area contributed by atoms with E-state index in [-0.39, 0.29) is 17.3 Å². The zero-order valence-electron chi connectivity index (χ0n) is 19.4. The lowest BCUT2D eigenvalue weighted by atomic mass is 9.73. The molecule has 5 heteroatoms. The van der Waals surface area contributed by atoms with Crippen molar-refractivity contribution in [1.82, 2.24) is 10.2 Å². The molecule has 1 heterocycles. The second-order valence-corrected chi connectivity index (χ2v) is 10.5. The molecule has 172 valence electrons. The van der Waals surface area contributed by atoms with Crippen LogP contribution in [0.5, 0.6) is 0 Å². The molecule has 2 aromatic carbocycles. The van der Waals surface area contributed by atoms with Gasteiger partial charge in [-0.05, 0) is 75.1 Å². The van der Waals surface area contributed by atoms with Crippen molar-refractivity contribution in [2.45, 2.75) is 64.0 Å². The number of nitrogens with one attached hydrogen (secondary N) is 1. The first kappa shape index (κ1) is 22.8. The van der Waals surface area contributed by atoms with Crippen molar-refractivity contribution in [3.05, 3.63) is 71.5 Å². The highest BCUT2D eigenvalue weighted by molar-refractivity contribution is 5.68. The minimum Gasteiger partial charge on any atom is -0.444 e. The Bertz CT molecular complexity index is 900. The molecule has 1 N–H and O–H groups in total. The Hall–Kier alpha value is -2.40. The van der Waals surface area contributed by atoms with E-state index in [1.807, 2.05) is 37.8 Å². The topological polar surface area (TPSA) is 41.6 Å². The van der Waals surface area contributed by atoms with Crippen LogP contribution in [0.4, 0.5) is 9.18 Å². The maximum absolute atomic E-state index is 13.4. The van der Waals surface area contributed by atoms with Crippen molar-refractivity contribution in [3.8, 4) is 0 Å². The maximum Gasteiger partial charge on any atom is 0.410 e. The molecule has 2 atom stereocenters. The van der Waals surface area contributed by atoms with Gasteiger partial charge < -0.3 is 15.0 Å². The number of hydrogen-bond donors (Lipinski definition) is 1. The van der Waals surface area contributed by atoms with Gasteiger partial charge in [0.1, 0.15) is 11.4 Å². The number of piperidine rings is 1. The molecule has 0 radical (unpaired) electrons. The predicted molar refractivity (Wildman–Crippen MR) is 125 cm³/mol. The third kappa shape index (κ3) is 5.89. The van der Waals surface area contributed by atoms with Crippen LogP contribution in [-0.4, -0.2) is 42.3 Å². The van der Waals surface area contributed by atoms with Gasteiger partial charge in [-0.1, -0.05) is 42.5 Å². The van der Waals surface area contributed by atoms with E-state index in [0.717, 1.165) is 31.4 Å². The van der Waals surface area contributed by atoms with E-state index in [0.29, 0.717) is 25.0 Å². The van der Waals surface area contributed by atoms with Crippen LogP contribution in [0, 0.1) is 11.2 Å². The summed E-state index contributed by atoms with van der Waals surface area (Å²) in [5.41, 5.74) is 2.10. The zero-order chi connectivity index (χ0) is 22.8. The number of rotatable bonds is 6. The fraction of sp³-hybridized carbons (Fsp3) is 0.519. The molecule has 1 saturated heterocycles. The smallest absolute Gasteiger partial charge is 0.410 e. The van der Waals surface area contributed by atoms with Crippen LogP contribution in [0.25, 0.3) is 0 Å². The van der Waals surface area contributed by atoms with Gasteiger partial charge in [-0.2, -0.15) is 0 Å². The highest BCUT2D eigenvalue weighted by Gasteiger charge is 2.42. The predicted octanol–water partition coefficient (Wildman–Crippen LogP) is 5.53. The summed E-state index contributed by atoms with van der Waals surface area (Å²) in [6.07, 6.45) is 3.62. The van der Waals surface area contributed by atoms with Crippen LogP contribution in [0.3, 0.4) is 0 Å². The molecule has 2 aromatic rings. The van der Waals surface area contributed by atoms with Gasteiger partial charge in [-0.25, -0.2) is 9.18 Å². The van der Waals surface area contributed by atoms with Crippen LogP contribution in [0.2, 0.25) is 0 Å². The summed E-state index contributed by atoms with van der Waals surface area (Å²) in [5.74, 6) is 0.380. The van der Waals surface area contributed by atoms with E-state index in [4.69, 9.17) is 4.74 Å². The molecule has 0 aromatic heterocycles. The van der Waals surface area contributed by atoms with Crippen LogP contribution in [0.1, 0.15) is 57.1 Å². The molecule has 1 aliphatic carbocycles. The van der Waals surface area contributed by atoms with E-state index >= 15 is 0 Å². The molecule has 4 rings (SSSR count). The van der Waals surface area contributed by atoms with Crippen molar-refractivity contribution in [3.63, 3.8) is 0 Å². The summed E-state index contributed by atoms with van der Waals surface area (Å²) in [7, 11) is 0. The Kier molecular flexibility index (Phi) is 6.57. The van der Waals surface area contributed by atoms with Crippen LogP contribution < -0.4 is 5.32 Å². The van der Waals surface area contributed by atoms with Gasteiger partial charge in [0, 0.05) is 31.6 Å². The third-order valence-electron chi connectivity index (χ3n) is 6.73. The molecule has 0 spiro atoms. The Morgan fingerprint density at radius 2 is 1.75 bits per heavy atom. The number of benzene rings is 2. The number of carbonyl (C=O) groups excluding carboxylic acids is 1. The summed E-state index contributed by atoms with van der Waals surface area (Å²) in [4.78, 5) is 14.4. The first-order chi connectivity index (χ1) is 15.2. The standard InChI is InChI=1S/C27H35FN2O2/c1-26(2,3)32-25(31)30-15-13-27(14-16-30,18-20-9-11-22(28)12-10-20)19-29-24-17-23(24)21-7-5-4-6-8-21/h4-12,23-24,29H,13-19H2,1-3H3. The average molecular weight is 439 g/mol. The first-order valence-electron chi connectivity index (χ1n) is 11.7. The van der Waals surface area contributed by atoms with Gasteiger partial charge in [-0.3, -0.25) is 0 Å². The minimum atomic E-state index is -0.486. The van der Waals surface area contributed by atoms with Crippen molar-refractivity contribution in [1.29, 1.82) is 0 Å². The molecule has 2 aliphatic rings. The molecule has 2 fully saturated rings. The Labute approximate surface area is 191 Å². The molecular weight excluding hydrogens is 403 g/mol. The summed E-state index contributed by atoms with van der Waals surface area (Å²) < 4.78 is 19.0. The van der Waals surface area contributed by atoms with E-state index < -0.39 is 5.60 Å². The van der Waals surface area contributed by atoms with Gasteiger partial charge in [-0.15, -0.1) is 0 Å². The first-order valence-corrected chi connectivity index (χ1v) is 11.7. The van der Waals surface area contributed by atoms with Gasteiger partial charge in [0.25, 0.3) is 0 Å². The normalized spacial score (nSPS) is 22.4. The van der Waals surface area contributed by atoms with Crippen LogP contribution in [-0.2, 0) is 11.2 Å². The minimum absolute atomic E-state index is 0.0418. The Balaban J connectivity index is 1.40.